The lowest BCUT2D eigenvalue weighted by Gasteiger charge is -2.26. The molecule has 0 heterocycles. The zero-order valence-corrected chi connectivity index (χ0v) is 8.37. The summed E-state index contributed by atoms with van der Waals surface area (Å²) < 4.78 is 0. The van der Waals surface area contributed by atoms with Crippen LogP contribution in [0.25, 0.3) is 0 Å². The van der Waals surface area contributed by atoms with E-state index in [0.29, 0.717) is 0 Å². The number of hydrogen-bond donors (Lipinski definition) is 0. The lowest BCUT2D eigenvalue weighted by atomic mass is 9.79. The summed E-state index contributed by atoms with van der Waals surface area (Å²) in [4.78, 5) is 0. The van der Waals surface area contributed by atoms with Gasteiger partial charge in [0.25, 0.3) is 0 Å². The minimum atomic E-state index is 0.838. The molecule has 0 amide bonds. The fourth-order valence-electron chi connectivity index (χ4n) is 2.46. The van der Waals surface area contributed by atoms with E-state index in [2.05, 4.69) is 37.3 Å². The number of rotatable bonds is 1. The second-order valence-electron chi connectivity index (χ2n) is 4.38. The average Bonchev–Trinajstić information content (AvgIpc) is 2.19. The quantitative estimate of drug-likeness (QED) is 0.604. The highest BCUT2D eigenvalue weighted by Crippen LogP contribution is 2.35. The molecular formula is C13H18. The molecule has 1 aromatic carbocycles. The highest BCUT2D eigenvalue weighted by molar-refractivity contribution is 5.19. The summed E-state index contributed by atoms with van der Waals surface area (Å²) in [7, 11) is 0. The van der Waals surface area contributed by atoms with Crippen LogP contribution in [0.15, 0.2) is 30.3 Å². The molecule has 0 heteroatoms. The molecule has 1 aromatic rings. The van der Waals surface area contributed by atoms with Crippen LogP contribution in [-0.4, -0.2) is 0 Å². The van der Waals surface area contributed by atoms with Crippen LogP contribution in [0, 0.1) is 5.92 Å². The predicted octanol–water partition coefficient (Wildman–Crippen LogP) is 3.98. The minimum absolute atomic E-state index is 0.838. The average molecular weight is 174 g/mol. The Hall–Kier alpha value is -0.780. The van der Waals surface area contributed by atoms with Crippen molar-refractivity contribution in [1.82, 2.24) is 0 Å². The van der Waals surface area contributed by atoms with E-state index in [0.717, 1.165) is 11.8 Å². The van der Waals surface area contributed by atoms with E-state index in [1.807, 2.05) is 0 Å². The van der Waals surface area contributed by atoms with Gasteiger partial charge in [0.05, 0.1) is 0 Å². The lowest BCUT2D eigenvalue weighted by Crippen LogP contribution is -2.11. The summed E-state index contributed by atoms with van der Waals surface area (Å²) in [5, 5.41) is 0. The van der Waals surface area contributed by atoms with Gasteiger partial charge in [-0.3, -0.25) is 0 Å². The Labute approximate surface area is 81.0 Å². The van der Waals surface area contributed by atoms with E-state index in [-0.39, 0.29) is 0 Å². The fourth-order valence-corrected chi connectivity index (χ4v) is 2.46. The Morgan fingerprint density at radius 2 is 1.85 bits per heavy atom. The van der Waals surface area contributed by atoms with Crippen LogP contribution in [0.1, 0.15) is 44.1 Å². The first-order valence-corrected chi connectivity index (χ1v) is 5.41. The molecule has 0 nitrogen and oxygen atoms in total. The molecule has 0 radical (unpaired) electrons. The molecule has 0 aromatic heterocycles. The Morgan fingerprint density at radius 3 is 2.54 bits per heavy atom. The largest absolute Gasteiger partial charge is 0.0625 e. The summed E-state index contributed by atoms with van der Waals surface area (Å²) >= 11 is 0. The number of hydrogen-bond acceptors (Lipinski definition) is 0. The van der Waals surface area contributed by atoms with E-state index >= 15 is 0 Å². The van der Waals surface area contributed by atoms with Crippen molar-refractivity contribution in [3.63, 3.8) is 0 Å². The number of benzene rings is 1. The second-order valence-corrected chi connectivity index (χ2v) is 4.38. The van der Waals surface area contributed by atoms with Gasteiger partial charge in [-0.25, -0.2) is 0 Å². The predicted molar refractivity (Wildman–Crippen MR) is 56.8 cm³/mol. The van der Waals surface area contributed by atoms with Gasteiger partial charge in [0.15, 0.2) is 0 Å². The SMILES string of the molecule is C[C@H]1CCCC(c2ccccc2)C1. The van der Waals surface area contributed by atoms with E-state index in [1.54, 1.807) is 5.56 Å². The van der Waals surface area contributed by atoms with Crippen molar-refractivity contribution >= 4 is 0 Å². The maximum atomic E-state index is 2.38. The zero-order valence-electron chi connectivity index (χ0n) is 8.37. The second kappa shape index (κ2) is 3.95. The van der Waals surface area contributed by atoms with Gasteiger partial charge >= 0.3 is 0 Å². The summed E-state index contributed by atoms with van der Waals surface area (Å²) in [5.74, 6) is 1.77. The van der Waals surface area contributed by atoms with Crippen LogP contribution >= 0.6 is 0 Å². The van der Waals surface area contributed by atoms with E-state index in [9.17, 15) is 0 Å². The standard InChI is InChI=1S/C13H18/c1-11-6-5-9-13(10-11)12-7-3-2-4-8-12/h2-4,7-8,11,13H,5-6,9-10H2,1H3/t11-,13?/m0/s1. The third kappa shape index (κ3) is 2.12. The smallest absolute Gasteiger partial charge is 0.0159 e. The van der Waals surface area contributed by atoms with Crippen LogP contribution in [-0.2, 0) is 0 Å². The summed E-state index contributed by atoms with van der Waals surface area (Å²) in [6, 6.07) is 11.0. The molecule has 1 saturated carbocycles. The molecular weight excluding hydrogens is 156 g/mol. The van der Waals surface area contributed by atoms with Gasteiger partial charge in [0, 0.05) is 0 Å². The molecule has 0 aliphatic heterocycles. The molecule has 2 rings (SSSR count). The molecule has 0 N–H and O–H groups in total. The molecule has 0 bridgehead atoms. The molecule has 13 heavy (non-hydrogen) atoms. The van der Waals surface area contributed by atoms with Crippen molar-refractivity contribution in [3.05, 3.63) is 35.9 Å². The zero-order chi connectivity index (χ0) is 9.10. The molecule has 2 atom stereocenters. The summed E-state index contributed by atoms with van der Waals surface area (Å²) in [6.07, 6.45) is 5.64. The van der Waals surface area contributed by atoms with Crippen molar-refractivity contribution in [2.75, 3.05) is 0 Å². The normalized spacial score (nSPS) is 28.7. The van der Waals surface area contributed by atoms with Gasteiger partial charge in [-0.15, -0.1) is 0 Å². The first-order chi connectivity index (χ1) is 6.36. The van der Waals surface area contributed by atoms with Gasteiger partial charge in [-0.05, 0) is 30.2 Å². The maximum absolute atomic E-state index is 2.38. The summed E-state index contributed by atoms with van der Waals surface area (Å²) in [6.45, 7) is 2.38. The summed E-state index contributed by atoms with van der Waals surface area (Å²) in [5.41, 5.74) is 1.55. The first-order valence-electron chi connectivity index (χ1n) is 5.41. The van der Waals surface area contributed by atoms with Gasteiger partial charge in [-0.2, -0.15) is 0 Å². The van der Waals surface area contributed by atoms with Crippen molar-refractivity contribution < 1.29 is 0 Å². The van der Waals surface area contributed by atoms with Gasteiger partial charge in [0.1, 0.15) is 0 Å². The van der Waals surface area contributed by atoms with Crippen molar-refractivity contribution in [3.8, 4) is 0 Å². The molecule has 1 unspecified atom stereocenters. The monoisotopic (exact) mass is 174 g/mol. The van der Waals surface area contributed by atoms with Crippen LogP contribution in [0.2, 0.25) is 0 Å². The van der Waals surface area contributed by atoms with Crippen LogP contribution < -0.4 is 0 Å². The van der Waals surface area contributed by atoms with Crippen LogP contribution in [0.5, 0.6) is 0 Å². The third-order valence-electron chi connectivity index (χ3n) is 3.21. The lowest BCUT2D eigenvalue weighted by molar-refractivity contribution is 0.344. The van der Waals surface area contributed by atoms with Gasteiger partial charge in [0.2, 0.25) is 0 Å². The molecule has 1 fully saturated rings. The van der Waals surface area contributed by atoms with Crippen molar-refractivity contribution in [2.45, 2.75) is 38.5 Å². The van der Waals surface area contributed by atoms with E-state index < -0.39 is 0 Å². The molecule has 0 spiro atoms. The first kappa shape index (κ1) is 8.80. The van der Waals surface area contributed by atoms with Gasteiger partial charge in [-0.1, -0.05) is 50.1 Å². The molecule has 1 aliphatic carbocycles. The third-order valence-corrected chi connectivity index (χ3v) is 3.21. The minimum Gasteiger partial charge on any atom is -0.0625 e. The molecule has 1 aliphatic rings. The van der Waals surface area contributed by atoms with E-state index in [4.69, 9.17) is 0 Å². The maximum Gasteiger partial charge on any atom is -0.0159 e. The molecule has 70 valence electrons. The highest BCUT2D eigenvalue weighted by atomic mass is 14.2. The Bertz CT molecular complexity index is 250. The van der Waals surface area contributed by atoms with Crippen molar-refractivity contribution in [2.24, 2.45) is 5.92 Å². The van der Waals surface area contributed by atoms with E-state index in [1.165, 1.54) is 25.7 Å². The highest BCUT2D eigenvalue weighted by Gasteiger charge is 2.19. The van der Waals surface area contributed by atoms with Crippen molar-refractivity contribution in [1.29, 1.82) is 0 Å². The van der Waals surface area contributed by atoms with Crippen LogP contribution in [0.4, 0.5) is 0 Å². The topological polar surface area (TPSA) is 0 Å². The fraction of sp³-hybridized carbons (Fsp3) is 0.538. The Morgan fingerprint density at radius 1 is 1.08 bits per heavy atom. The van der Waals surface area contributed by atoms with Crippen LogP contribution in [0.3, 0.4) is 0 Å². The Balaban J connectivity index is 2.08. The Kier molecular flexibility index (Phi) is 2.68. The van der Waals surface area contributed by atoms with Gasteiger partial charge < -0.3 is 0 Å². The molecule has 0 saturated heterocycles.